The number of aryl methyl sites for hydroxylation is 1. The molecule has 1 aromatic carbocycles. The average molecular weight is 600 g/mol. The molecule has 216 valence electrons. The summed E-state index contributed by atoms with van der Waals surface area (Å²) in [6.45, 7) is 8.17. The van der Waals surface area contributed by atoms with Gasteiger partial charge in [0.25, 0.3) is 10.0 Å². The summed E-state index contributed by atoms with van der Waals surface area (Å²) >= 11 is 1.39. The predicted octanol–water partition coefficient (Wildman–Crippen LogP) is 6.38. The van der Waals surface area contributed by atoms with Crippen molar-refractivity contribution in [2.75, 3.05) is 11.3 Å². The van der Waals surface area contributed by atoms with Crippen LogP contribution in [0.1, 0.15) is 50.4 Å². The number of hydrogen-bond acceptors (Lipinski definition) is 8. The fraction of sp³-hybridized carbons (Fsp3) is 0.357. The molecule has 2 N–H and O–H groups in total. The molecule has 0 bridgehead atoms. The molecule has 1 aliphatic heterocycles. The van der Waals surface area contributed by atoms with Crippen LogP contribution in [-0.4, -0.2) is 52.1 Å². The maximum absolute atomic E-state index is 16.0. The standard InChI is InChI=1S/C28H30FN5O5S2/c1-16-30-11-8-21(31-16)25-24(19-6-5-7-20(23(19)29)33-41(37,38)18-10-13-39-15-18)32-26(40-25)17-9-12-34(27(35)36)22(14-17)28(2,3)4/h5-8,10-11,13,15,17,22,33H,9,12,14H2,1-4H3,(H,35,36). The van der Waals surface area contributed by atoms with Crippen LogP contribution in [0, 0.1) is 18.2 Å². The van der Waals surface area contributed by atoms with Crippen LogP contribution in [0.2, 0.25) is 0 Å². The number of furan rings is 1. The van der Waals surface area contributed by atoms with Crippen molar-refractivity contribution in [1.29, 1.82) is 0 Å². The van der Waals surface area contributed by atoms with Gasteiger partial charge in [0.2, 0.25) is 0 Å². The molecule has 41 heavy (non-hydrogen) atoms. The number of sulfonamides is 1. The zero-order valence-corrected chi connectivity index (χ0v) is 24.6. The quantitative estimate of drug-likeness (QED) is 0.260. The smallest absolute Gasteiger partial charge is 0.407 e. The van der Waals surface area contributed by atoms with Crippen LogP contribution in [0.25, 0.3) is 21.8 Å². The number of benzene rings is 1. The van der Waals surface area contributed by atoms with Crippen molar-refractivity contribution >= 4 is 33.1 Å². The summed E-state index contributed by atoms with van der Waals surface area (Å²) in [6, 6.07) is 7.21. The Morgan fingerprint density at radius 1 is 1.22 bits per heavy atom. The fourth-order valence-corrected chi connectivity index (χ4v) is 7.27. The van der Waals surface area contributed by atoms with Crippen molar-refractivity contribution in [1.82, 2.24) is 19.9 Å². The molecule has 0 spiro atoms. The van der Waals surface area contributed by atoms with E-state index < -0.39 is 21.9 Å². The molecule has 5 rings (SSSR count). The summed E-state index contributed by atoms with van der Waals surface area (Å²) < 4.78 is 48.7. The predicted molar refractivity (Wildman–Crippen MR) is 153 cm³/mol. The summed E-state index contributed by atoms with van der Waals surface area (Å²) in [5, 5.41) is 10.5. The topological polar surface area (TPSA) is 139 Å². The van der Waals surface area contributed by atoms with Gasteiger partial charge in [0.1, 0.15) is 17.0 Å². The first-order valence-corrected chi connectivity index (χ1v) is 15.3. The molecule has 4 aromatic rings. The lowest BCUT2D eigenvalue weighted by atomic mass is 9.77. The van der Waals surface area contributed by atoms with Crippen LogP contribution in [-0.2, 0) is 10.0 Å². The Balaban J connectivity index is 1.58. The molecule has 3 aromatic heterocycles. The Hall–Kier alpha value is -3.84. The van der Waals surface area contributed by atoms with Gasteiger partial charge in [0, 0.05) is 30.3 Å². The highest BCUT2D eigenvalue weighted by Crippen LogP contribution is 2.45. The zero-order chi connectivity index (χ0) is 29.5. The number of amides is 1. The van der Waals surface area contributed by atoms with Crippen molar-refractivity contribution in [2.24, 2.45) is 5.41 Å². The van der Waals surface area contributed by atoms with E-state index >= 15 is 4.39 Å². The number of likely N-dealkylation sites (tertiary alicyclic amines) is 1. The van der Waals surface area contributed by atoms with E-state index in [0.29, 0.717) is 41.5 Å². The number of nitrogens with zero attached hydrogens (tertiary/aromatic N) is 4. The number of aromatic nitrogens is 3. The van der Waals surface area contributed by atoms with Crippen LogP contribution >= 0.6 is 11.3 Å². The number of carboxylic acid groups (broad SMARTS) is 1. The van der Waals surface area contributed by atoms with Crippen molar-refractivity contribution in [3.63, 3.8) is 0 Å². The van der Waals surface area contributed by atoms with E-state index in [4.69, 9.17) is 9.40 Å². The Kier molecular flexibility index (Phi) is 7.60. The van der Waals surface area contributed by atoms with Crippen molar-refractivity contribution in [3.8, 4) is 21.8 Å². The van der Waals surface area contributed by atoms with Crippen LogP contribution in [0.4, 0.5) is 14.9 Å². The molecular formula is C28H30FN5O5S2. The lowest BCUT2D eigenvalue weighted by Crippen LogP contribution is -2.51. The van der Waals surface area contributed by atoms with Gasteiger partial charge in [-0.05, 0) is 49.4 Å². The SMILES string of the molecule is Cc1nccc(-c2sc(C3CCN(C(=O)O)C(C(C)(C)C)C3)nc2-c2cccc(NS(=O)(=O)c3ccoc3)c2F)n1. The van der Waals surface area contributed by atoms with E-state index in [1.54, 1.807) is 31.3 Å². The zero-order valence-electron chi connectivity index (χ0n) is 23.0. The lowest BCUT2D eigenvalue weighted by molar-refractivity contribution is 0.0525. The molecule has 1 saturated heterocycles. The second-order valence-corrected chi connectivity index (χ2v) is 13.7. The van der Waals surface area contributed by atoms with E-state index in [2.05, 4.69) is 14.7 Å². The normalized spacial score (nSPS) is 17.9. The molecule has 0 saturated carbocycles. The molecule has 0 radical (unpaired) electrons. The van der Waals surface area contributed by atoms with Crippen LogP contribution in [0.15, 0.2) is 58.4 Å². The first-order chi connectivity index (χ1) is 19.3. The number of thiazole rings is 1. The molecule has 2 atom stereocenters. The summed E-state index contributed by atoms with van der Waals surface area (Å²) in [7, 11) is -4.08. The number of hydrogen-bond donors (Lipinski definition) is 2. The van der Waals surface area contributed by atoms with E-state index in [1.807, 2.05) is 20.8 Å². The van der Waals surface area contributed by atoms with Crippen molar-refractivity contribution in [3.05, 3.63) is 65.7 Å². The third-order valence-corrected chi connectivity index (χ3v) is 9.73. The van der Waals surface area contributed by atoms with Gasteiger partial charge in [-0.25, -0.2) is 32.6 Å². The first-order valence-electron chi connectivity index (χ1n) is 13.0. The molecule has 0 aliphatic carbocycles. The van der Waals surface area contributed by atoms with Gasteiger partial charge >= 0.3 is 6.09 Å². The Morgan fingerprint density at radius 2 is 2.00 bits per heavy atom. The average Bonchev–Trinajstić information content (AvgIpc) is 3.61. The Labute approximate surface area is 241 Å². The third-order valence-electron chi connectivity index (χ3n) is 7.15. The molecule has 1 amide bonds. The van der Waals surface area contributed by atoms with E-state index in [-0.39, 0.29) is 33.5 Å². The summed E-state index contributed by atoms with van der Waals surface area (Å²) in [5.41, 5.74) is 0.483. The van der Waals surface area contributed by atoms with Crippen molar-refractivity contribution < 1.29 is 27.1 Å². The summed E-state index contributed by atoms with van der Waals surface area (Å²) in [4.78, 5) is 27.6. The molecule has 4 heterocycles. The van der Waals surface area contributed by atoms with Gasteiger partial charge in [-0.2, -0.15) is 0 Å². The third kappa shape index (κ3) is 5.82. The molecule has 1 aliphatic rings. The number of halogens is 1. The second-order valence-electron chi connectivity index (χ2n) is 11.0. The lowest BCUT2D eigenvalue weighted by Gasteiger charge is -2.44. The molecular weight excluding hydrogens is 569 g/mol. The minimum atomic E-state index is -4.08. The van der Waals surface area contributed by atoms with Gasteiger partial charge in [-0.15, -0.1) is 11.3 Å². The number of nitrogens with one attached hydrogen (secondary N) is 1. The Bertz CT molecular complexity index is 1680. The molecule has 13 heteroatoms. The maximum Gasteiger partial charge on any atom is 0.407 e. The van der Waals surface area contributed by atoms with E-state index in [1.165, 1.54) is 34.6 Å². The van der Waals surface area contributed by atoms with E-state index in [9.17, 15) is 18.3 Å². The summed E-state index contributed by atoms with van der Waals surface area (Å²) in [6.07, 6.45) is 4.09. The van der Waals surface area contributed by atoms with Crippen molar-refractivity contribution in [2.45, 2.75) is 57.4 Å². The highest BCUT2D eigenvalue weighted by Gasteiger charge is 2.40. The van der Waals surface area contributed by atoms with Gasteiger partial charge in [0.05, 0.1) is 33.2 Å². The number of rotatable bonds is 6. The number of piperidine rings is 1. The van der Waals surface area contributed by atoms with Crippen LogP contribution in [0.3, 0.4) is 0 Å². The van der Waals surface area contributed by atoms with E-state index in [0.717, 1.165) is 11.3 Å². The van der Waals surface area contributed by atoms with Gasteiger partial charge in [-0.3, -0.25) is 4.72 Å². The van der Waals surface area contributed by atoms with Gasteiger partial charge in [-0.1, -0.05) is 26.8 Å². The fourth-order valence-electron chi connectivity index (χ4n) is 5.09. The van der Waals surface area contributed by atoms with Crippen LogP contribution in [0.5, 0.6) is 0 Å². The largest absolute Gasteiger partial charge is 0.471 e. The monoisotopic (exact) mass is 599 g/mol. The minimum absolute atomic E-state index is 0.0545. The number of carbonyl (C=O) groups is 1. The highest BCUT2D eigenvalue weighted by molar-refractivity contribution is 7.92. The van der Waals surface area contributed by atoms with Gasteiger partial charge in [0.15, 0.2) is 5.82 Å². The molecule has 1 fully saturated rings. The maximum atomic E-state index is 16.0. The van der Waals surface area contributed by atoms with Gasteiger partial charge < -0.3 is 14.4 Å². The molecule has 2 unspecified atom stereocenters. The second kappa shape index (κ2) is 10.9. The highest BCUT2D eigenvalue weighted by atomic mass is 32.2. The first kappa shape index (κ1) is 28.7. The molecule has 10 nitrogen and oxygen atoms in total. The summed E-state index contributed by atoms with van der Waals surface area (Å²) in [5.74, 6) is -0.300. The Morgan fingerprint density at radius 3 is 2.66 bits per heavy atom. The minimum Gasteiger partial charge on any atom is -0.471 e. The number of anilines is 1. The van der Waals surface area contributed by atoms with Crippen LogP contribution < -0.4 is 4.72 Å².